The van der Waals surface area contributed by atoms with Crippen LogP contribution in [0.15, 0.2) is 24.5 Å². The first-order valence-electron chi connectivity index (χ1n) is 7.60. The van der Waals surface area contributed by atoms with Crippen molar-refractivity contribution in [1.29, 1.82) is 0 Å². The zero-order valence-electron chi connectivity index (χ0n) is 13.8. The Labute approximate surface area is 145 Å². The SMILES string of the molecule is CC(C)c1nn(C)c(Cl)c1C(=O)NCCC(=O)Nc1ccncc1. The molecule has 0 aliphatic heterocycles. The summed E-state index contributed by atoms with van der Waals surface area (Å²) < 4.78 is 1.47. The molecule has 2 heterocycles. The number of nitrogens with zero attached hydrogens (tertiary/aromatic N) is 3. The summed E-state index contributed by atoms with van der Waals surface area (Å²) in [7, 11) is 1.69. The molecule has 7 nitrogen and oxygen atoms in total. The average molecular weight is 350 g/mol. The first kappa shape index (κ1) is 17.9. The molecule has 2 aromatic heterocycles. The number of rotatable bonds is 6. The van der Waals surface area contributed by atoms with Crippen LogP contribution in [0.4, 0.5) is 5.69 Å². The molecule has 0 aromatic carbocycles. The number of halogens is 1. The highest BCUT2D eigenvalue weighted by atomic mass is 35.5. The van der Waals surface area contributed by atoms with Crippen molar-refractivity contribution >= 4 is 29.1 Å². The fourth-order valence-electron chi connectivity index (χ4n) is 2.17. The van der Waals surface area contributed by atoms with Gasteiger partial charge in [-0.05, 0) is 18.1 Å². The molecule has 8 heteroatoms. The van der Waals surface area contributed by atoms with Gasteiger partial charge in [0.15, 0.2) is 0 Å². The van der Waals surface area contributed by atoms with Gasteiger partial charge in [-0.2, -0.15) is 5.10 Å². The maximum Gasteiger partial charge on any atom is 0.256 e. The second-order valence-corrected chi connectivity index (χ2v) is 5.98. The number of hydrogen-bond acceptors (Lipinski definition) is 4. The average Bonchev–Trinajstić information content (AvgIpc) is 2.84. The van der Waals surface area contributed by atoms with Crippen molar-refractivity contribution in [3.8, 4) is 0 Å². The molecule has 0 saturated heterocycles. The lowest BCUT2D eigenvalue weighted by Gasteiger charge is -2.08. The maximum absolute atomic E-state index is 12.4. The van der Waals surface area contributed by atoms with Crippen LogP contribution in [0.2, 0.25) is 5.15 Å². The minimum atomic E-state index is -0.325. The van der Waals surface area contributed by atoms with Crippen molar-refractivity contribution in [1.82, 2.24) is 20.1 Å². The van der Waals surface area contributed by atoms with Crippen LogP contribution >= 0.6 is 11.6 Å². The minimum absolute atomic E-state index is 0.0689. The molecule has 0 unspecified atom stereocenters. The summed E-state index contributed by atoms with van der Waals surface area (Å²) in [6.07, 6.45) is 3.34. The molecule has 0 saturated carbocycles. The molecule has 2 N–H and O–H groups in total. The molecule has 0 aliphatic carbocycles. The zero-order chi connectivity index (χ0) is 17.7. The first-order valence-corrected chi connectivity index (χ1v) is 7.98. The molecule has 0 fully saturated rings. The lowest BCUT2D eigenvalue weighted by Crippen LogP contribution is -2.28. The van der Waals surface area contributed by atoms with Gasteiger partial charge >= 0.3 is 0 Å². The standard InChI is InChI=1S/C16H20ClN5O2/c1-10(2)14-13(15(17)22(3)21-14)16(24)19-9-6-12(23)20-11-4-7-18-8-5-11/h4-5,7-8,10H,6,9H2,1-3H3,(H,19,24)(H,18,20,23). The fourth-order valence-corrected chi connectivity index (χ4v) is 2.39. The molecular weight excluding hydrogens is 330 g/mol. The third-order valence-corrected chi connectivity index (χ3v) is 3.81. The van der Waals surface area contributed by atoms with Crippen LogP contribution in [0, 0.1) is 0 Å². The van der Waals surface area contributed by atoms with E-state index in [1.165, 1.54) is 4.68 Å². The summed E-state index contributed by atoms with van der Waals surface area (Å²) >= 11 is 6.16. The molecule has 2 aromatic rings. The predicted molar refractivity (Wildman–Crippen MR) is 92.1 cm³/mol. The van der Waals surface area contributed by atoms with Crippen molar-refractivity contribution in [2.45, 2.75) is 26.2 Å². The Hall–Kier alpha value is -2.41. The van der Waals surface area contributed by atoms with Gasteiger partial charge in [-0.1, -0.05) is 25.4 Å². The Morgan fingerprint density at radius 3 is 2.58 bits per heavy atom. The van der Waals surface area contributed by atoms with Crippen LogP contribution in [0.1, 0.15) is 42.2 Å². The molecule has 2 rings (SSSR count). The predicted octanol–water partition coefficient (Wildman–Crippen LogP) is 2.35. The van der Waals surface area contributed by atoms with Gasteiger partial charge in [0.2, 0.25) is 5.91 Å². The van der Waals surface area contributed by atoms with Crippen LogP contribution in [0.5, 0.6) is 0 Å². The first-order chi connectivity index (χ1) is 11.4. The van der Waals surface area contributed by atoms with E-state index in [1.54, 1.807) is 31.6 Å². The zero-order valence-corrected chi connectivity index (χ0v) is 14.6. The highest BCUT2D eigenvalue weighted by Gasteiger charge is 2.23. The Morgan fingerprint density at radius 2 is 1.96 bits per heavy atom. The van der Waals surface area contributed by atoms with Crippen molar-refractivity contribution in [3.63, 3.8) is 0 Å². The number of nitrogens with one attached hydrogen (secondary N) is 2. The van der Waals surface area contributed by atoms with Crippen molar-refractivity contribution < 1.29 is 9.59 Å². The van der Waals surface area contributed by atoms with Gasteiger partial charge in [0.25, 0.3) is 5.91 Å². The Balaban J connectivity index is 1.91. The van der Waals surface area contributed by atoms with Gasteiger partial charge in [-0.25, -0.2) is 0 Å². The second-order valence-electron chi connectivity index (χ2n) is 5.62. The van der Waals surface area contributed by atoms with E-state index >= 15 is 0 Å². The Morgan fingerprint density at radius 1 is 1.29 bits per heavy atom. The highest BCUT2D eigenvalue weighted by Crippen LogP contribution is 2.25. The number of amides is 2. The lowest BCUT2D eigenvalue weighted by molar-refractivity contribution is -0.116. The van der Waals surface area contributed by atoms with E-state index in [4.69, 9.17) is 11.6 Å². The summed E-state index contributed by atoms with van der Waals surface area (Å²) in [6, 6.07) is 3.39. The van der Waals surface area contributed by atoms with Gasteiger partial charge in [0.05, 0.1) is 11.3 Å². The monoisotopic (exact) mass is 349 g/mol. The van der Waals surface area contributed by atoms with Crippen LogP contribution in [0.3, 0.4) is 0 Å². The van der Waals surface area contributed by atoms with Gasteiger partial charge in [-0.15, -0.1) is 0 Å². The summed E-state index contributed by atoms with van der Waals surface area (Å²) in [5, 5.41) is 10.0. The number of hydrogen-bond donors (Lipinski definition) is 2. The van der Waals surface area contributed by atoms with Gasteiger partial charge < -0.3 is 10.6 Å². The number of pyridine rings is 1. The molecule has 0 radical (unpaired) electrons. The third-order valence-electron chi connectivity index (χ3n) is 3.38. The molecule has 0 aliphatic rings. The van der Waals surface area contributed by atoms with E-state index in [2.05, 4.69) is 20.7 Å². The smallest absolute Gasteiger partial charge is 0.256 e. The van der Waals surface area contributed by atoms with Crippen LogP contribution < -0.4 is 10.6 Å². The number of carbonyl (C=O) groups excluding carboxylic acids is 2. The number of carbonyl (C=O) groups is 2. The van der Waals surface area contributed by atoms with Crippen molar-refractivity contribution in [2.24, 2.45) is 7.05 Å². The van der Waals surface area contributed by atoms with E-state index < -0.39 is 0 Å². The summed E-state index contributed by atoms with van der Waals surface area (Å²) in [6.45, 7) is 4.09. The van der Waals surface area contributed by atoms with Crippen LogP contribution in [-0.2, 0) is 11.8 Å². The number of aromatic nitrogens is 3. The van der Waals surface area contributed by atoms with E-state index in [9.17, 15) is 9.59 Å². The maximum atomic E-state index is 12.4. The topological polar surface area (TPSA) is 88.9 Å². The molecule has 24 heavy (non-hydrogen) atoms. The molecule has 0 bridgehead atoms. The molecule has 128 valence electrons. The van der Waals surface area contributed by atoms with E-state index in [-0.39, 0.29) is 35.9 Å². The normalized spacial score (nSPS) is 10.7. The summed E-state index contributed by atoms with van der Waals surface area (Å²) in [4.78, 5) is 28.1. The quantitative estimate of drug-likeness (QED) is 0.837. The Bertz CT molecular complexity index is 728. The van der Waals surface area contributed by atoms with Crippen molar-refractivity contribution in [3.05, 3.63) is 40.9 Å². The summed E-state index contributed by atoms with van der Waals surface area (Å²) in [5.41, 5.74) is 1.67. The minimum Gasteiger partial charge on any atom is -0.351 e. The van der Waals surface area contributed by atoms with Gasteiger partial charge in [0.1, 0.15) is 5.15 Å². The fraction of sp³-hybridized carbons (Fsp3) is 0.375. The molecule has 0 spiro atoms. The number of anilines is 1. The lowest BCUT2D eigenvalue weighted by atomic mass is 10.1. The van der Waals surface area contributed by atoms with Crippen LogP contribution in [0.25, 0.3) is 0 Å². The van der Waals surface area contributed by atoms with Crippen LogP contribution in [-0.4, -0.2) is 33.1 Å². The summed E-state index contributed by atoms with van der Waals surface area (Å²) in [5.74, 6) is -0.448. The molecular formula is C16H20ClN5O2. The molecule has 2 amide bonds. The van der Waals surface area contributed by atoms with E-state index in [1.807, 2.05) is 13.8 Å². The van der Waals surface area contributed by atoms with E-state index in [0.29, 0.717) is 16.9 Å². The second kappa shape index (κ2) is 7.92. The highest BCUT2D eigenvalue weighted by molar-refractivity contribution is 6.33. The van der Waals surface area contributed by atoms with Gasteiger partial charge in [-0.3, -0.25) is 19.3 Å². The van der Waals surface area contributed by atoms with Crippen molar-refractivity contribution in [2.75, 3.05) is 11.9 Å². The van der Waals surface area contributed by atoms with E-state index in [0.717, 1.165) is 0 Å². The Kier molecular flexibility index (Phi) is 5.92. The largest absolute Gasteiger partial charge is 0.351 e. The number of aryl methyl sites for hydroxylation is 1. The molecule has 0 atom stereocenters. The van der Waals surface area contributed by atoms with Gasteiger partial charge in [0, 0.05) is 38.1 Å². The third kappa shape index (κ3) is 4.32.